The van der Waals surface area contributed by atoms with Gasteiger partial charge in [-0.3, -0.25) is 0 Å². The second-order valence-corrected chi connectivity index (χ2v) is 70.7. The van der Waals surface area contributed by atoms with Gasteiger partial charge in [0.1, 0.15) is 0 Å². The maximum absolute atomic E-state index is 5.42. The minimum atomic E-state index is -5.42. The summed E-state index contributed by atoms with van der Waals surface area (Å²) in [5.41, 5.74) is 1.60. The molecule has 0 radical (unpaired) electrons. The summed E-state index contributed by atoms with van der Waals surface area (Å²) < 4.78 is 1.46. The first-order chi connectivity index (χ1) is 9.25. The van der Waals surface area contributed by atoms with Crippen LogP contribution in [0.15, 0.2) is 0 Å². The summed E-state index contributed by atoms with van der Waals surface area (Å²) in [6.45, 7) is 17.2. The van der Waals surface area contributed by atoms with E-state index in [1.54, 1.807) is 0 Å². The van der Waals surface area contributed by atoms with Crippen molar-refractivity contribution in [2.24, 2.45) is 0 Å². The third-order valence-corrected chi connectivity index (χ3v) is 8.47. The summed E-state index contributed by atoms with van der Waals surface area (Å²) in [6, 6.07) is 0. The van der Waals surface area contributed by atoms with Crippen molar-refractivity contribution in [1.82, 2.24) is 0 Å². The Kier molecular flexibility index (Phi) is 6.35. The molecule has 2 saturated heterocycles. The van der Waals surface area contributed by atoms with Crippen LogP contribution in [0.5, 0.6) is 0 Å². The number of rotatable bonds is 1. The van der Waals surface area contributed by atoms with E-state index >= 15 is 0 Å². The molecule has 9 heteroatoms. The van der Waals surface area contributed by atoms with Gasteiger partial charge < -0.3 is 4.48 Å². The molecule has 2 aliphatic rings. The van der Waals surface area contributed by atoms with Crippen molar-refractivity contribution in [1.29, 1.82) is 0 Å². The fourth-order valence-corrected chi connectivity index (χ4v) is 7.97. The molecule has 1 unspecified atom stereocenters. The van der Waals surface area contributed by atoms with E-state index < -0.39 is 17.2 Å². The molecule has 22 heavy (non-hydrogen) atoms. The molecule has 2 heterocycles. The Balaban J connectivity index is 0.000000295. The molecule has 136 valence electrons. The zero-order chi connectivity index (χ0) is 17.7. The van der Waals surface area contributed by atoms with E-state index in [-0.39, 0.29) is 0 Å². The quantitative estimate of drug-likeness (QED) is 0.234. The fraction of sp³-hybridized carbons (Fsp3) is 1.00. The van der Waals surface area contributed by atoms with Crippen LogP contribution in [0.1, 0.15) is 33.1 Å². The summed E-state index contributed by atoms with van der Waals surface area (Å²) in [7, 11) is 24.0. The van der Waals surface area contributed by atoms with E-state index in [9.17, 15) is 0 Å². The Morgan fingerprint density at radius 1 is 0.864 bits per heavy atom. The zero-order valence-corrected chi connectivity index (χ0v) is 22.1. The second-order valence-electron chi connectivity index (χ2n) is 8.34. The third kappa shape index (κ3) is 7.16. The fourth-order valence-electron chi connectivity index (χ4n) is 4.58. The van der Waals surface area contributed by atoms with Gasteiger partial charge in [0.25, 0.3) is 0 Å². The minimum absolute atomic E-state index is 0.570. The molecule has 0 bridgehead atoms. The Labute approximate surface area is 156 Å². The van der Waals surface area contributed by atoms with Gasteiger partial charge in [0.05, 0.1) is 33.2 Å². The van der Waals surface area contributed by atoms with Crippen LogP contribution in [0.25, 0.3) is 0 Å². The number of hydrogen-bond donors (Lipinski definition) is 0. The van der Waals surface area contributed by atoms with Gasteiger partial charge in [-0.05, 0) is 13.8 Å². The predicted molar refractivity (Wildman–Crippen MR) is 111 cm³/mol. The molecule has 2 rings (SSSR count). The van der Waals surface area contributed by atoms with Gasteiger partial charge in [-0.2, -0.15) is 0 Å². The van der Waals surface area contributed by atoms with Gasteiger partial charge >= 0.3 is 62.1 Å². The van der Waals surface area contributed by atoms with Crippen molar-refractivity contribution >= 4 is 70.2 Å². The Morgan fingerprint density at radius 3 is 1.50 bits per heavy atom. The average molecular weight is 561 g/mol. The van der Waals surface area contributed by atoms with Crippen molar-refractivity contribution in [2.75, 3.05) is 19.6 Å². The van der Waals surface area contributed by atoms with E-state index in [4.69, 9.17) is 53.0 Å². The average Bonchev–Trinajstić information content (AvgIpc) is 2.68. The van der Waals surface area contributed by atoms with Crippen LogP contribution in [-0.2, 0) is 0 Å². The number of hydrogen-bond acceptors (Lipinski definition) is 0. The van der Waals surface area contributed by atoms with Crippen LogP contribution < -0.4 is 0 Å². The van der Waals surface area contributed by atoms with Crippen molar-refractivity contribution in [3.63, 3.8) is 0 Å². The van der Waals surface area contributed by atoms with Crippen LogP contribution >= 0.6 is 53.0 Å². The van der Waals surface area contributed by atoms with Gasteiger partial charge in [-0.1, -0.05) is 19.6 Å². The monoisotopic (exact) mass is 557 g/mol. The molecule has 0 aromatic carbocycles. The molecule has 1 atom stereocenters. The van der Waals surface area contributed by atoms with E-state index in [1.807, 2.05) is 0 Å². The van der Waals surface area contributed by atoms with Gasteiger partial charge in [0, 0.05) is 24.8 Å². The van der Waals surface area contributed by atoms with Gasteiger partial charge in [0.15, 0.2) is 0 Å². The normalized spacial score (nSPS) is 30.4. The summed E-state index contributed by atoms with van der Waals surface area (Å²) in [5, 5.41) is 0. The maximum atomic E-state index is 5.06. The molecule has 2 fully saturated rings. The summed E-state index contributed by atoms with van der Waals surface area (Å²) in [4.78, 5) is 0. The summed E-state index contributed by atoms with van der Waals surface area (Å²) >= 11 is 0. The standard InChI is InChI=1S/C13H28NSi.6ClH.Sb/c1-13(2)12(15(3,4)5)8-11-14(13)9-6-7-10-14;;;;;;;/h12H,6-11H2,1-5H3;6*1H;/q+1;;;;;;;+5/p-6. The summed E-state index contributed by atoms with van der Waals surface area (Å²) in [6.07, 6.45) is 4.45. The van der Waals surface area contributed by atoms with Crippen LogP contribution in [0.4, 0.5) is 0 Å². The van der Waals surface area contributed by atoms with Crippen LogP contribution in [-0.4, -0.2) is 46.9 Å². The van der Waals surface area contributed by atoms with E-state index in [2.05, 4.69) is 33.5 Å². The van der Waals surface area contributed by atoms with Crippen molar-refractivity contribution in [3.05, 3.63) is 0 Å². The van der Waals surface area contributed by atoms with E-state index in [1.165, 1.54) is 43.4 Å². The SMILES string of the molecule is CC1(C)C([Si](C)(C)C)CC[N+]12CCCC2.[Cl][Sb-]([Cl])([Cl])([Cl])([Cl])[Cl]. The first-order valence-electron chi connectivity index (χ1n) is 7.67. The molecular weight excluding hydrogens is 533 g/mol. The molecule has 0 aromatic rings. The molecular formula is C13H28Cl6NSbSi. The first-order valence-corrected chi connectivity index (χ1v) is 30.6. The molecule has 0 aromatic heterocycles. The number of quaternary nitrogens is 1. The van der Waals surface area contributed by atoms with Crippen LogP contribution in [0, 0.1) is 0 Å². The van der Waals surface area contributed by atoms with Crippen LogP contribution in [0.3, 0.4) is 0 Å². The van der Waals surface area contributed by atoms with Crippen LogP contribution in [0.2, 0.25) is 25.2 Å². The van der Waals surface area contributed by atoms with Gasteiger partial charge in [-0.25, -0.2) is 0 Å². The zero-order valence-electron chi connectivity index (χ0n) is 14.0. The van der Waals surface area contributed by atoms with Gasteiger partial charge in [-0.15, -0.1) is 0 Å². The molecule has 2 aliphatic heterocycles. The van der Waals surface area contributed by atoms with E-state index in [0.29, 0.717) is 5.54 Å². The Hall–Kier alpha value is 2.74. The summed E-state index contributed by atoms with van der Waals surface area (Å²) in [5.74, 6) is 0. The predicted octanol–water partition coefficient (Wildman–Crippen LogP) is 7.24. The molecule has 0 amide bonds. The first kappa shape index (κ1) is 22.8. The van der Waals surface area contributed by atoms with E-state index in [0.717, 1.165) is 5.54 Å². The molecule has 0 N–H and O–H groups in total. The van der Waals surface area contributed by atoms with Crippen molar-refractivity contribution in [3.8, 4) is 0 Å². The number of nitrogens with zero attached hydrogens (tertiary/aromatic N) is 1. The molecule has 0 saturated carbocycles. The van der Waals surface area contributed by atoms with Crippen molar-refractivity contribution < 1.29 is 4.48 Å². The second kappa shape index (κ2) is 6.13. The molecule has 1 nitrogen and oxygen atoms in total. The van der Waals surface area contributed by atoms with Gasteiger partial charge in [0.2, 0.25) is 0 Å². The number of halogens is 6. The molecule has 1 spiro atoms. The topological polar surface area (TPSA) is 0 Å². The Bertz CT molecular complexity index is 407. The molecule has 0 aliphatic carbocycles. The van der Waals surface area contributed by atoms with Crippen molar-refractivity contribution in [2.45, 2.75) is 63.8 Å². The Morgan fingerprint density at radius 2 is 1.23 bits per heavy atom. The third-order valence-electron chi connectivity index (χ3n) is 5.39.